The van der Waals surface area contributed by atoms with Crippen LogP contribution in [0.25, 0.3) is 0 Å². The summed E-state index contributed by atoms with van der Waals surface area (Å²) in [4.78, 5) is 1.13. The van der Waals surface area contributed by atoms with Gasteiger partial charge in [0.15, 0.2) is 0 Å². The lowest BCUT2D eigenvalue weighted by Gasteiger charge is -2.05. The minimum atomic E-state index is 0.855. The zero-order valence-corrected chi connectivity index (χ0v) is 10.3. The van der Waals surface area contributed by atoms with Crippen molar-refractivity contribution in [2.45, 2.75) is 17.6 Å². The molecule has 1 heterocycles. The quantitative estimate of drug-likeness (QED) is 0.654. The Balaban J connectivity index is 2.04. The van der Waals surface area contributed by atoms with Crippen LogP contribution in [0.1, 0.15) is 11.1 Å². The lowest BCUT2D eigenvalue weighted by Crippen LogP contribution is -1.89. The lowest BCUT2D eigenvalue weighted by atomic mass is 10.2. The monoisotopic (exact) mass is 233 g/mol. The van der Waals surface area contributed by atoms with Crippen LogP contribution in [0.2, 0.25) is 0 Å². The number of nitrogen functional groups attached to an aromatic ring is 1. The number of aryl methyl sites for hydroxylation is 2. The van der Waals surface area contributed by atoms with Crippen LogP contribution >= 0.6 is 11.8 Å². The van der Waals surface area contributed by atoms with Gasteiger partial charge in [-0.25, -0.2) is 0 Å². The number of rotatable bonds is 3. The van der Waals surface area contributed by atoms with E-state index in [0.29, 0.717) is 0 Å². The number of hydrogen-bond donors (Lipinski definition) is 1. The van der Waals surface area contributed by atoms with Gasteiger partial charge in [0.1, 0.15) is 0 Å². The van der Waals surface area contributed by atoms with Gasteiger partial charge in [0.25, 0.3) is 0 Å². The van der Waals surface area contributed by atoms with Gasteiger partial charge in [-0.1, -0.05) is 6.07 Å². The lowest BCUT2D eigenvalue weighted by molar-refractivity contribution is 0.767. The SMILES string of the molecule is Cc1ccc(SCc2cnn(C)c2)c(N)c1. The van der Waals surface area contributed by atoms with E-state index in [1.54, 1.807) is 11.8 Å². The maximum Gasteiger partial charge on any atom is 0.0530 e. The largest absolute Gasteiger partial charge is 0.398 e. The van der Waals surface area contributed by atoms with Crippen LogP contribution in [0, 0.1) is 6.92 Å². The molecule has 1 aromatic heterocycles. The predicted octanol–water partition coefficient (Wildman–Crippen LogP) is 2.60. The van der Waals surface area contributed by atoms with E-state index in [-0.39, 0.29) is 0 Å². The van der Waals surface area contributed by atoms with Gasteiger partial charge in [-0.05, 0) is 24.6 Å². The molecule has 0 atom stereocenters. The van der Waals surface area contributed by atoms with Crippen molar-refractivity contribution >= 4 is 17.4 Å². The summed E-state index contributed by atoms with van der Waals surface area (Å²) in [5, 5.41) is 4.14. The van der Waals surface area contributed by atoms with Crippen molar-refractivity contribution in [2.75, 3.05) is 5.73 Å². The van der Waals surface area contributed by atoms with Crippen molar-refractivity contribution < 1.29 is 0 Å². The van der Waals surface area contributed by atoms with Crippen LogP contribution in [0.5, 0.6) is 0 Å². The van der Waals surface area contributed by atoms with Crippen LogP contribution in [-0.4, -0.2) is 9.78 Å². The smallest absolute Gasteiger partial charge is 0.0530 e. The molecule has 0 fully saturated rings. The normalized spacial score (nSPS) is 10.6. The van der Waals surface area contributed by atoms with E-state index in [0.717, 1.165) is 16.3 Å². The van der Waals surface area contributed by atoms with Crippen molar-refractivity contribution in [3.63, 3.8) is 0 Å². The van der Waals surface area contributed by atoms with Gasteiger partial charge in [-0.15, -0.1) is 11.8 Å². The van der Waals surface area contributed by atoms with Gasteiger partial charge in [0, 0.05) is 35.1 Å². The zero-order valence-electron chi connectivity index (χ0n) is 9.47. The fourth-order valence-electron chi connectivity index (χ4n) is 1.51. The van der Waals surface area contributed by atoms with Crippen LogP contribution in [-0.2, 0) is 12.8 Å². The van der Waals surface area contributed by atoms with Crippen LogP contribution in [0.15, 0.2) is 35.5 Å². The van der Waals surface area contributed by atoms with E-state index in [1.807, 2.05) is 37.1 Å². The second-order valence-corrected chi connectivity index (χ2v) is 4.87. The van der Waals surface area contributed by atoms with Gasteiger partial charge in [-0.3, -0.25) is 4.68 Å². The van der Waals surface area contributed by atoms with Crippen molar-refractivity contribution in [1.82, 2.24) is 9.78 Å². The maximum absolute atomic E-state index is 5.95. The van der Waals surface area contributed by atoms with Crippen LogP contribution in [0.4, 0.5) is 5.69 Å². The molecule has 0 bridgehead atoms. The Morgan fingerprint density at radius 1 is 1.44 bits per heavy atom. The molecule has 16 heavy (non-hydrogen) atoms. The summed E-state index contributed by atoms with van der Waals surface area (Å²) < 4.78 is 1.81. The number of thioether (sulfide) groups is 1. The molecule has 4 heteroatoms. The molecule has 0 amide bonds. The summed E-state index contributed by atoms with van der Waals surface area (Å²) in [6.07, 6.45) is 3.91. The Morgan fingerprint density at radius 2 is 2.25 bits per heavy atom. The molecule has 3 nitrogen and oxygen atoms in total. The van der Waals surface area contributed by atoms with Gasteiger partial charge >= 0.3 is 0 Å². The third-order valence-electron chi connectivity index (χ3n) is 2.32. The Kier molecular flexibility index (Phi) is 3.19. The third-order valence-corrected chi connectivity index (χ3v) is 3.48. The number of aromatic nitrogens is 2. The highest BCUT2D eigenvalue weighted by molar-refractivity contribution is 7.98. The predicted molar refractivity (Wildman–Crippen MR) is 68.4 cm³/mol. The average molecular weight is 233 g/mol. The second-order valence-electron chi connectivity index (χ2n) is 3.85. The second kappa shape index (κ2) is 4.61. The van der Waals surface area contributed by atoms with Crippen LogP contribution in [0.3, 0.4) is 0 Å². The van der Waals surface area contributed by atoms with E-state index in [4.69, 9.17) is 5.73 Å². The standard InChI is InChI=1S/C12H15N3S/c1-9-3-4-12(11(13)5-9)16-8-10-6-14-15(2)7-10/h3-7H,8,13H2,1-2H3. The number of nitrogens with two attached hydrogens (primary N) is 1. The number of hydrogen-bond acceptors (Lipinski definition) is 3. The van der Waals surface area contributed by atoms with Crippen molar-refractivity contribution in [2.24, 2.45) is 7.05 Å². The average Bonchev–Trinajstić information content (AvgIpc) is 2.63. The fourth-order valence-corrected chi connectivity index (χ4v) is 2.37. The van der Waals surface area contributed by atoms with Crippen LogP contribution < -0.4 is 5.73 Å². The molecular formula is C12H15N3S. The topological polar surface area (TPSA) is 43.8 Å². The summed E-state index contributed by atoms with van der Waals surface area (Å²) in [7, 11) is 1.93. The molecule has 0 spiro atoms. The summed E-state index contributed by atoms with van der Waals surface area (Å²) in [6, 6.07) is 6.17. The summed E-state index contributed by atoms with van der Waals surface area (Å²) >= 11 is 1.74. The van der Waals surface area contributed by atoms with Gasteiger partial charge in [-0.2, -0.15) is 5.10 Å². The molecule has 0 aliphatic carbocycles. The first-order valence-corrected chi connectivity index (χ1v) is 6.10. The summed E-state index contributed by atoms with van der Waals surface area (Å²) in [5.41, 5.74) is 9.22. The molecule has 2 rings (SSSR count). The van der Waals surface area contributed by atoms with E-state index < -0.39 is 0 Å². The zero-order chi connectivity index (χ0) is 11.5. The molecule has 0 aliphatic heterocycles. The van der Waals surface area contributed by atoms with Crippen molar-refractivity contribution in [3.05, 3.63) is 41.7 Å². The van der Waals surface area contributed by atoms with Gasteiger partial charge in [0.05, 0.1) is 6.20 Å². The first-order valence-electron chi connectivity index (χ1n) is 5.11. The molecule has 84 valence electrons. The Bertz CT molecular complexity index is 491. The Morgan fingerprint density at radius 3 is 2.88 bits per heavy atom. The molecule has 0 unspecified atom stereocenters. The minimum absolute atomic E-state index is 0.855. The van der Waals surface area contributed by atoms with E-state index in [1.165, 1.54) is 11.1 Å². The minimum Gasteiger partial charge on any atom is -0.398 e. The third kappa shape index (κ3) is 2.58. The van der Waals surface area contributed by atoms with E-state index >= 15 is 0 Å². The number of nitrogens with zero attached hydrogens (tertiary/aromatic N) is 2. The molecule has 1 aromatic carbocycles. The first-order chi connectivity index (χ1) is 7.65. The fraction of sp³-hybridized carbons (Fsp3) is 0.250. The van der Waals surface area contributed by atoms with Crippen molar-refractivity contribution in [1.29, 1.82) is 0 Å². The summed E-state index contributed by atoms with van der Waals surface area (Å²) in [6.45, 7) is 2.05. The molecule has 0 radical (unpaired) electrons. The van der Waals surface area contributed by atoms with Crippen molar-refractivity contribution in [3.8, 4) is 0 Å². The Labute approximate surface area is 99.7 Å². The first kappa shape index (κ1) is 11.1. The molecule has 0 aliphatic rings. The molecule has 2 N–H and O–H groups in total. The van der Waals surface area contributed by atoms with Gasteiger partial charge < -0.3 is 5.73 Å². The molecule has 0 saturated carbocycles. The summed E-state index contributed by atoms with van der Waals surface area (Å²) in [5.74, 6) is 0.904. The highest BCUT2D eigenvalue weighted by atomic mass is 32.2. The number of anilines is 1. The Hall–Kier alpha value is -1.42. The molecule has 2 aromatic rings. The highest BCUT2D eigenvalue weighted by Gasteiger charge is 2.02. The number of benzene rings is 1. The van der Waals surface area contributed by atoms with E-state index in [9.17, 15) is 0 Å². The molecular weight excluding hydrogens is 218 g/mol. The molecule has 0 saturated heterocycles. The maximum atomic E-state index is 5.95. The van der Waals surface area contributed by atoms with E-state index in [2.05, 4.69) is 17.2 Å². The highest BCUT2D eigenvalue weighted by Crippen LogP contribution is 2.28. The van der Waals surface area contributed by atoms with Gasteiger partial charge in [0.2, 0.25) is 0 Å².